The minimum Gasteiger partial charge on any atom is -0.427 e. The molecule has 1 heterocycles. The summed E-state index contributed by atoms with van der Waals surface area (Å²) in [6.45, 7) is 4.03. The third-order valence-corrected chi connectivity index (χ3v) is 2.15. The standard InChI is InChI=1S/C9H16O3/c1-3-4-5-6-8-7(2)11-9(10)12-8/h7-8H,3-6H2,1-2H3/t7-,8+/m0/s1. The lowest BCUT2D eigenvalue weighted by atomic mass is 10.1. The molecule has 0 aromatic rings. The van der Waals surface area contributed by atoms with Crippen molar-refractivity contribution in [2.24, 2.45) is 0 Å². The van der Waals surface area contributed by atoms with Crippen LogP contribution >= 0.6 is 0 Å². The van der Waals surface area contributed by atoms with Gasteiger partial charge in [0.1, 0.15) is 12.2 Å². The number of ether oxygens (including phenoxy) is 2. The molecule has 3 nitrogen and oxygen atoms in total. The highest BCUT2D eigenvalue weighted by molar-refractivity contribution is 5.62. The summed E-state index contributed by atoms with van der Waals surface area (Å²) < 4.78 is 9.80. The van der Waals surface area contributed by atoms with Crippen molar-refractivity contribution in [3.8, 4) is 0 Å². The lowest BCUT2D eigenvalue weighted by Crippen LogP contribution is -2.18. The van der Waals surface area contributed by atoms with Crippen LogP contribution in [0.5, 0.6) is 0 Å². The highest BCUT2D eigenvalue weighted by Gasteiger charge is 2.32. The summed E-state index contributed by atoms with van der Waals surface area (Å²) in [5, 5.41) is 0. The van der Waals surface area contributed by atoms with E-state index in [1.165, 1.54) is 12.8 Å². The molecule has 2 atom stereocenters. The second-order valence-electron chi connectivity index (χ2n) is 3.23. The highest BCUT2D eigenvalue weighted by atomic mass is 16.8. The summed E-state index contributed by atoms with van der Waals surface area (Å²) in [5.41, 5.74) is 0. The number of carbonyl (C=O) groups excluding carboxylic acids is 1. The lowest BCUT2D eigenvalue weighted by Gasteiger charge is -2.09. The summed E-state index contributed by atoms with van der Waals surface area (Å²) >= 11 is 0. The molecular weight excluding hydrogens is 156 g/mol. The fraction of sp³-hybridized carbons (Fsp3) is 0.889. The van der Waals surface area contributed by atoms with Crippen LogP contribution < -0.4 is 0 Å². The Balaban J connectivity index is 2.19. The van der Waals surface area contributed by atoms with Gasteiger partial charge in [-0.1, -0.05) is 19.8 Å². The average molecular weight is 172 g/mol. The Morgan fingerprint density at radius 3 is 2.58 bits per heavy atom. The zero-order valence-electron chi connectivity index (χ0n) is 7.71. The van der Waals surface area contributed by atoms with Gasteiger partial charge in [0.25, 0.3) is 0 Å². The molecule has 0 bridgehead atoms. The van der Waals surface area contributed by atoms with Gasteiger partial charge in [-0.25, -0.2) is 4.79 Å². The molecule has 0 saturated carbocycles. The van der Waals surface area contributed by atoms with E-state index < -0.39 is 6.16 Å². The Bertz CT molecular complexity index is 156. The second-order valence-corrected chi connectivity index (χ2v) is 3.23. The van der Waals surface area contributed by atoms with Gasteiger partial charge in [-0.15, -0.1) is 0 Å². The Kier molecular flexibility index (Phi) is 3.38. The van der Waals surface area contributed by atoms with E-state index >= 15 is 0 Å². The van der Waals surface area contributed by atoms with E-state index in [1.54, 1.807) is 0 Å². The third kappa shape index (κ3) is 2.40. The quantitative estimate of drug-likeness (QED) is 0.482. The molecule has 0 N–H and O–H groups in total. The number of rotatable bonds is 4. The molecule has 1 rings (SSSR count). The molecule has 1 saturated heterocycles. The molecule has 0 spiro atoms. The first-order chi connectivity index (χ1) is 5.74. The van der Waals surface area contributed by atoms with Gasteiger partial charge in [0, 0.05) is 0 Å². The smallest absolute Gasteiger partial charge is 0.427 e. The minimum atomic E-state index is -0.510. The number of cyclic esters (lactones) is 2. The summed E-state index contributed by atoms with van der Waals surface area (Å²) in [6, 6.07) is 0. The molecule has 12 heavy (non-hydrogen) atoms. The van der Waals surface area contributed by atoms with Crippen molar-refractivity contribution in [3.05, 3.63) is 0 Å². The molecule has 0 aromatic carbocycles. The normalized spacial score (nSPS) is 28.3. The Hall–Kier alpha value is -0.730. The summed E-state index contributed by atoms with van der Waals surface area (Å²) in [4.78, 5) is 10.7. The van der Waals surface area contributed by atoms with Gasteiger partial charge in [0.2, 0.25) is 0 Å². The maximum atomic E-state index is 10.7. The van der Waals surface area contributed by atoms with Gasteiger partial charge >= 0.3 is 6.16 Å². The van der Waals surface area contributed by atoms with Gasteiger partial charge < -0.3 is 9.47 Å². The number of unbranched alkanes of at least 4 members (excludes halogenated alkanes) is 2. The molecule has 3 heteroatoms. The van der Waals surface area contributed by atoms with E-state index in [1.807, 2.05) is 6.92 Å². The highest BCUT2D eigenvalue weighted by Crippen LogP contribution is 2.19. The molecule has 0 amide bonds. The molecule has 0 aliphatic carbocycles. The van der Waals surface area contributed by atoms with Crippen LogP contribution in [0.2, 0.25) is 0 Å². The summed E-state index contributed by atoms with van der Waals surface area (Å²) in [5.74, 6) is 0. The van der Waals surface area contributed by atoms with Crippen LogP contribution in [0.3, 0.4) is 0 Å². The van der Waals surface area contributed by atoms with Crippen LogP contribution in [-0.2, 0) is 9.47 Å². The van der Waals surface area contributed by atoms with E-state index in [-0.39, 0.29) is 12.2 Å². The van der Waals surface area contributed by atoms with Crippen molar-refractivity contribution in [2.45, 2.75) is 51.7 Å². The molecule has 70 valence electrons. The zero-order valence-corrected chi connectivity index (χ0v) is 7.71. The van der Waals surface area contributed by atoms with Crippen LogP contribution in [0.25, 0.3) is 0 Å². The maximum absolute atomic E-state index is 10.7. The first-order valence-electron chi connectivity index (χ1n) is 4.61. The van der Waals surface area contributed by atoms with Crippen LogP contribution in [0.1, 0.15) is 39.5 Å². The van der Waals surface area contributed by atoms with E-state index in [9.17, 15) is 4.79 Å². The predicted molar refractivity (Wildman–Crippen MR) is 45.0 cm³/mol. The first kappa shape index (κ1) is 9.36. The van der Waals surface area contributed by atoms with Crippen LogP contribution in [0.4, 0.5) is 4.79 Å². The van der Waals surface area contributed by atoms with Gasteiger partial charge in [0.05, 0.1) is 0 Å². The zero-order chi connectivity index (χ0) is 8.97. The Morgan fingerprint density at radius 2 is 2.08 bits per heavy atom. The van der Waals surface area contributed by atoms with Gasteiger partial charge in [0.15, 0.2) is 0 Å². The Morgan fingerprint density at radius 1 is 1.33 bits per heavy atom. The van der Waals surface area contributed by atoms with Gasteiger partial charge in [-0.05, 0) is 19.8 Å². The van der Waals surface area contributed by atoms with Crippen molar-refractivity contribution >= 4 is 6.16 Å². The predicted octanol–water partition coefficient (Wildman–Crippen LogP) is 2.49. The third-order valence-electron chi connectivity index (χ3n) is 2.15. The molecule has 0 radical (unpaired) electrons. The molecular formula is C9H16O3. The molecule has 1 fully saturated rings. The minimum absolute atomic E-state index is 0.0101. The average Bonchev–Trinajstić information content (AvgIpc) is 2.31. The van der Waals surface area contributed by atoms with Crippen LogP contribution in [-0.4, -0.2) is 18.4 Å². The van der Waals surface area contributed by atoms with Crippen molar-refractivity contribution in [1.82, 2.24) is 0 Å². The largest absolute Gasteiger partial charge is 0.509 e. The Labute approximate surface area is 73.0 Å². The van der Waals surface area contributed by atoms with E-state index in [2.05, 4.69) is 6.92 Å². The fourth-order valence-corrected chi connectivity index (χ4v) is 1.36. The molecule has 1 aliphatic heterocycles. The van der Waals surface area contributed by atoms with Crippen LogP contribution in [0.15, 0.2) is 0 Å². The maximum Gasteiger partial charge on any atom is 0.509 e. The molecule has 0 unspecified atom stereocenters. The SMILES string of the molecule is CCCCC[C@H]1OC(=O)O[C@H]1C. The van der Waals surface area contributed by atoms with Gasteiger partial charge in [-0.3, -0.25) is 0 Å². The van der Waals surface area contributed by atoms with Gasteiger partial charge in [-0.2, -0.15) is 0 Å². The topological polar surface area (TPSA) is 35.5 Å². The van der Waals surface area contributed by atoms with Crippen molar-refractivity contribution < 1.29 is 14.3 Å². The second kappa shape index (κ2) is 4.33. The van der Waals surface area contributed by atoms with Crippen molar-refractivity contribution in [2.75, 3.05) is 0 Å². The van der Waals surface area contributed by atoms with Crippen molar-refractivity contribution in [1.29, 1.82) is 0 Å². The first-order valence-corrected chi connectivity index (χ1v) is 4.61. The monoisotopic (exact) mass is 172 g/mol. The lowest BCUT2D eigenvalue weighted by molar-refractivity contribution is 0.115. The van der Waals surface area contributed by atoms with E-state index in [0.29, 0.717) is 0 Å². The molecule has 0 aromatic heterocycles. The fourth-order valence-electron chi connectivity index (χ4n) is 1.36. The van der Waals surface area contributed by atoms with Crippen LogP contribution in [0, 0.1) is 0 Å². The number of hydrogen-bond acceptors (Lipinski definition) is 3. The summed E-state index contributed by atoms with van der Waals surface area (Å²) in [7, 11) is 0. The summed E-state index contributed by atoms with van der Waals surface area (Å²) in [6.07, 6.45) is 3.85. The van der Waals surface area contributed by atoms with E-state index in [4.69, 9.17) is 9.47 Å². The number of hydrogen-bond donors (Lipinski definition) is 0. The van der Waals surface area contributed by atoms with Crippen molar-refractivity contribution in [3.63, 3.8) is 0 Å². The molecule has 1 aliphatic rings. The van der Waals surface area contributed by atoms with E-state index in [0.717, 1.165) is 12.8 Å². The number of carbonyl (C=O) groups is 1.